The van der Waals surface area contributed by atoms with Gasteiger partial charge in [0.05, 0.1) is 5.56 Å². The Hall–Kier alpha value is -1.42. The molecule has 82 valence electrons. The molecule has 1 aromatic rings. The van der Waals surface area contributed by atoms with Gasteiger partial charge in [0.25, 0.3) is 0 Å². The summed E-state index contributed by atoms with van der Waals surface area (Å²) in [6.45, 7) is 5.79. The highest BCUT2D eigenvalue weighted by molar-refractivity contribution is 6.05. The molecule has 2 N–H and O–H groups in total. The molecule has 0 saturated carbocycles. The predicted molar refractivity (Wildman–Crippen MR) is 58.7 cm³/mol. The molecule has 0 spiro atoms. The number of hydrogen-bond donors (Lipinski definition) is 1. The summed E-state index contributed by atoms with van der Waals surface area (Å²) >= 11 is 0. The Labute approximate surface area is 89.5 Å². The summed E-state index contributed by atoms with van der Waals surface area (Å²) in [5, 5.41) is 0. The Bertz CT molecular complexity index is 361. The number of ether oxygens (including phenoxy) is 1. The molecule has 0 amide bonds. The second kappa shape index (κ2) is 4.40. The minimum absolute atomic E-state index is 0.144. The maximum absolute atomic E-state index is 12.0. The number of rotatable bonds is 4. The Morgan fingerprint density at radius 1 is 1.60 bits per heavy atom. The normalized spacial score (nSPS) is 11.4. The van der Waals surface area contributed by atoms with Crippen LogP contribution in [0.1, 0.15) is 31.1 Å². The van der Waals surface area contributed by atoms with Gasteiger partial charge < -0.3 is 10.5 Å². The van der Waals surface area contributed by atoms with Crippen LogP contribution in [0.5, 0.6) is 0 Å². The molecule has 4 nitrogen and oxygen atoms in total. The number of pyridine rings is 1. The fourth-order valence-electron chi connectivity index (χ4n) is 1.35. The van der Waals surface area contributed by atoms with Crippen molar-refractivity contribution in [2.24, 2.45) is 0 Å². The van der Waals surface area contributed by atoms with Crippen molar-refractivity contribution in [1.29, 1.82) is 0 Å². The third-order valence-electron chi connectivity index (χ3n) is 2.15. The Morgan fingerprint density at radius 2 is 2.27 bits per heavy atom. The van der Waals surface area contributed by atoms with Gasteiger partial charge in [-0.15, -0.1) is 0 Å². The Balaban J connectivity index is 2.99. The van der Waals surface area contributed by atoms with Crippen LogP contribution in [0.25, 0.3) is 0 Å². The van der Waals surface area contributed by atoms with Crippen LogP contribution in [-0.2, 0) is 4.74 Å². The second-order valence-electron chi connectivity index (χ2n) is 3.74. The number of hydrogen-bond acceptors (Lipinski definition) is 4. The summed E-state index contributed by atoms with van der Waals surface area (Å²) in [5.74, 6) is -0.144. The summed E-state index contributed by atoms with van der Waals surface area (Å²) in [7, 11) is 0. The second-order valence-corrected chi connectivity index (χ2v) is 3.74. The van der Waals surface area contributed by atoms with Gasteiger partial charge in [0.15, 0.2) is 5.78 Å². The van der Waals surface area contributed by atoms with E-state index in [4.69, 9.17) is 10.5 Å². The van der Waals surface area contributed by atoms with Crippen molar-refractivity contribution >= 4 is 11.5 Å². The maximum atomic E-state index is 12.0. The first-order valence-corrected chi connectivity index (χ1v) is 4.87. The van der Waals surface area contributed by atoms with E-state index >= 15 is 0 Å². The van der Waals surface area contributed by atoms with Gasteiger partial charge in [-0.05, 0) is 26.8 Å². The molecule has 15 heavy (non-hydrogen) atoms. The van der Waals surface area contributed by atoms with Crippen molar-refractivity contribution in [3.05, 3.63) is 24.0 Å². The standard InChI is InChI=1S/C11H16N2O2/c1-4-15-11(2,3)10(14)8-7-13-6-5-9(8)12/h5-7H,4H2,1-3H3,(H2,12,13). The van der Waals surface area contributed by atoms with Crippen molar-refractivity contribution in [2.75, 3.05) is 12.3 Å². The molecule has 0 aliphatic rings. The first kappa shape index (κ1) is 11.7. The Kier molecular flexibility index (Phi) is 3.42. The van der Waals surface area contributed by atoms with Crippen molar-refractivity contribution in [1.82, 2.24) is 4.98 Å². The van der Waals surface area contributed by atoms with Crippen LogP contribution in [0.4, 0.5) is 5.69 Å². The third kappa shape index (κ3) is 2.53. The molecular weight excluding hydrogens is 192 g/mol. The molecule has 0 unspecified atom stereocenters. The summed E-state index contributed by atoms with van der Waals surface area (Å²) in [6, 6.07) is 1.61. The van der Waals surface area contributed by atoms with Gasteiger partial charge in [-0.3, -0.25) is 9.78 Å². The average Bonchev–Trinajstić information content (AvgIpc) is 2.17. The van der Waals surface area contributed by atoms with Gasteiger partial charge in [-0.25, -0.2) is 0 Å². The van der Waals surface area contributed by atoms with E-state index in [1.807, 2.05) is 6.92 Å². The van der Waals surface area contributed by atoms with Crippen LogP contribution >= 0.6 is 0 Å². The van der Waals surface area contributed by atoms with Crippen LogP contribution in [0.15, 0.2) is 18.5 Å². The number of nitrogens with zero attached hydrogens (tertiary/aromatic N) is 1. The molecule has 1 rings (SSSR count). The van der Waals surface area contributed by atoms with E-state index in [1.165, 1.54) is 6.20 Å². The molecule has 0 atom stereocenters. The fraction of sp³-hybridized carbons (Fsp3) is 0.455. The van der Waals surface area contributed by atoms with Crippen LogP contribution in [0.3, 0.4) is 0 Å². The minimum Gasteiger partial charge on any atom is -0.398 e. The number of carbonyl (C=O) groups excluding carboxylic acids is 1. The van der Waals surface area contributed by atoms with Crippen molar-refractivity contribution in [2.45, 2.75) is 26.4 Å². The number of ketones is 1. The SMILES string of the molecule is CCOC(C)(C)C(=O)c1cnccc1N. The maximum Gasteiger partial charge on any atom is 0.197 e. The quantitative estimate of drug-likeness (QED) is 0.764. The van der Waals surface area contributed by atoms with Crippen molar-refractivity contribution in [3.8, 4) is 0 Å². The number of anilines is 1. The Morgan fingerprint density at radius 3 is 2.80 bits per heavy atom. The summed E-state index contributed by atoms with van der Waals surface area (Å²) < 4.78 is 5.37. The molecule has 0 aliphatic heterocycles. The summed E-state index contributed by atoms with van der Waals surface area (Å²) in [5.41, 5.74) is 5.69. The molecule has 0 aliphatic carbocycles. The zero-order chi connectivity index (χ0) is 11.5. The highest BCUT2D eigenvalue weighted by Crippen LogP contribution is 2.20. The first-order chi connectivity index (χ1) is 6.99. The fourth-order valence-corrected chi connectivity index (χ4v) is 1.35. The van der Waals surface area contributed by atoms with Gasteiger partial charge in [0.1, 0.15) is 5.60 Å². The molecule has 1 aromatic heterocycles. The topological polar surface area (TPSA) is 65.2 Å². The van der Waals surface area contributed by atoms with E-state index < -0.39 is 5.60 Å². The number of nitrogen functional groups attached to an aromatic ring is 1. The zero-order valence-corrected chi connectivity index (χ0v) is 9.28. The minimum atomic E-state index is -0.855. The van der Waals surface area contributed by atoms with E-state index in [-0.39, 0.29) is 5.78 Å². The smallest absolute Gasteiger partial charge is 0.197 e. The van der Waals surface area contributed by atoms with Crippen LogP contribution < -0.4 is 5.73 Å². The molecule has 0 radical (unpaired) electrons. The molecule has 4 heteroatoms. The summed E-state index contributed by atoms with van der Waals surface area (Å²) in [4.78, 5) is 15.9. The van der Waals surface area contributed by atoms with Gasteiger partial charge in [-0.2, -0.15) is 0 Å². The largest absolute Gasteiger partial charge is 0.398 e. The first-order valence-electron chi connectivity index (χ1n) is 4.87. The van der Waals surface area contributed by atoms with Crippen LogP contribution in [0.2, 0.25) is 0 Å². The number of Topliss-reactive ketones (excluding diaryl/α,β-unsaturated/α-hetero) is 1. The van der Waals surface area contributed by atoms with E-state index in [2.05, 4.69) is 4.98 Å². The van der Waals surface area contributed by atoms with Crippen LogP contribution in [0, 0.1) is 0 Å². The molecule has 0 bridgehead atoms. The van der Waals surface area contributed by atoms with Gasteiger partial charge in [0.2, 0.25) is 0 Å². The molecular formula is C11H16N2O2. The summed E-state index contributed by atoms with van der Waals surface area (Å²) in [6.07, 6.45) is 3.03. The van der Waals surface area contributed by atoms with Crippen molar-refractivity contribution in [3.63, 3.8) is 0 Å². The number of carbonyl (C=O) groups is 1. The van der Waals surface area contributed by atoms with Crippen molar-refractivity contribution < 1.29 is 9.53 Å². The monoisotopic (exact) mass is 208 g/mol. The van der Waals surface area contributed by atoms with E-state index in [1.54, 1.807) is 26.1 Å². The molecule has 0 saturated heterocycles. The lowest BCUT2D eigenvalue weighted by Gasteiger charge is -2.23. The predicted octanol–water partition coefficient (Wildman–Crippen LogP) is 1.66. The number of aromatic nitrogens is 1. The molecule has 1 heterocycles. The highest BCUT2D eigenvalue weighted by Gasteiger charge is 2.30. The van der Waals surface area contributed by atoms with E-state index in [0.29, 0.717) is 17.9 Å². The van der Waals surface area contributed by atoms with Crippen LogP contribution in [-0.4, -0.2) is 23.0 Å². The van der Waals surface area contributed by atoms with Gasteiger partial charge in [-0.1, -0.05) is 0 Å². The molecule has 0 fully saturated rings. The highest BCUT2D eigenvalue weighted by atomic mass is 16.5. The lowest BCUT2D eigenvalue weighted by Crippen LogP contribution is -2.35. The van der Waals surface area contributed by atoms with E-state index in [0.717, 1.165) is 0 Å². The van der Waals surface area contributed by atoms with Gasteiger partial charge >= 0.3 is 0 Å². The lowest BCUT2D eigenvalue weighted by molar-refractivity contribution is 0.00130. The zero-order valence-electron chi connectivity index (χ0n) is 9.28. The van der Waals surface area contributed by atoms with E-state index in [9.17, 15) is 4.79 Å². The average molecular weight is 208 g/mol. The third-order valence-corrected chi connectivity index (χ3v) is 2.15. The van der Waals surface area contributed by atoms with Gasteiger partial charge in [0, 0.05) is 24.7 Å². The lowest BCUT2D eigenvalue weighted by atomic mass is 9.96. The molecule has 0 aromatic carbocycles. The number of nitrogens with two attached hydrogens (primary N) is 1.